The molecule has 0 saturated carbocycles. The normalized spacial score (nSPS) is 19.1. The summed E-state index contributed by atoms with van der Waals surface area (Å²) in [5.41, 5.74) is 6.14. The third-order valence-electron chi connectivity index (χ3n) is 6.03. The van der Waals surface area contributed by atoms with E-state index in [1.54, 1.807) is 7.11 Å². The van der Waals surface area contributed by atoms with Gasteiger partial charge in [-0.05, 0) is 47.7 Å². The van der Waals surface area contributed by atoms with Crippen molar-refractivity contribution < 1.29 is 15.0 Å². The highest BCUT2D eigenvalue weighted by Gasteiger charge is 2.35. The highest BCUT2D eigenvalue weighted by Crippen LogP contribution is 2.44. The molecule has 32 heavy (non-hydrogen) atoms. The topological polar surface area (TPSA) is 81.9 Å². The van der Waals surface area contributed by atoms with Crippen molar-refractivity contribution in [3.63, 3.8) is 0 Å². The predicted octanol–water partition coefficient (Wildman–Crippen LogP) is 5.27. The van der Waals surface area contributed by atoms with Gasteiger partial charge in [-0.2, -0.15) is 0 Å². The second-order valence-corrected chi connectivity index (χ2v) is 7.85. The Labute approximate surface area is 194 Å². The molecule has 6 heteroatoms. The number of anilines is 2. The Bertz CT molecular complexity index is 1110. The fourth-order valence-corrected chi connectivity index (χ4v) is 4.50. The van der Waals surface area contributed by atoms with Crippen LogP contribution in [0.4, 0.5) is 11.4 Å². The number of hydrogen-bond acceptors (Lipinski definition) is 4. The molecule has 0 radical (unpaired) electrons. The summed E-state index contributed by atoms with van der Waals surface area (Å²) >= 11 is 0. The number of methoxy groups -OCH3 is 1. The summed E-state index contributed by atoms with van der Waals surface area (Å²) in [5, 5.41) is 7.20. The lowest BCUT2D eigenvalue weighted by atomic mass is 9.78. The lowest BCUT2D eigenvalue weighted by Gasteiger charge is -2.30. The number of halogens is 1. The molecule has 166 valence electrons. The van der Waals surface area contributed by atoms with Crippen LogP contribution in [-0.4, -0.2) is 18.4 Å². The lowest BCUT2D eigenvalue weighted by molar-refractivity contribution is -0.116. The molecule has 0 fully saturated rings. The zero-order valence-corrected chi connectivity index (χ0v) is 18.6. The number of rotatable bonds is 3. The van der Waals surface area contributed by atoms with Gasteiger partial charge in [0.15, 0.2) is 5.78 Å². The Kier molecular flexibility index (Phi) is 7.23. The van der Waals surface area contributed by atoms with E-state index in [0.717, 1.165) is 40.4 Å². The van der Waals surface area contributed by atoms with Crippen molar-refractivity contribution in [3.8, 4) is 5.75 Å². The van der Waals surface area contributed by atoms with Crippen LogP contribution < -0.4 is 15.4 Å². The van der Waals surface area contributed by atoms with Crippen molar-refractivity contribution in [2.75, 3.05) is 17.7 Å². The monoisotopic (exact) mass is 450 g/mol. The molecule has 1 heterocycles. The summed E-state index contributed by atoms with van der Waals surface area (Å²) in [4.78, 5) is 13.5. The molecule has 0 amide bonds. The number of ketones is 1. The number of fused-ring (bicyclic) bond motifs is 1. The molecule has 1 aliphatic heterocycles. The summed E-state index contributed by atoms with van der Waals surface area (Å²) in [6.45, 7) is 0. The Hall–Kier alpha value is -3.28. The van der Waals surface area contributed by atoms with E-state index >= 15 is 0 Å². The van der Waals surface area contributed by atoms with Crippen LogP contribution in [0.1, 0.15) is 35.9 Å². The van der Waals surface area contributed by atoms with Crippen LogP contribution in [0, 0.1) is 0 Å². The first kappa shape index (κ1) is 23.4. The zero-order chi connectivity index (χ0) is 20.5. The van der Waals surface area contributed by atoms with Gasteiger partial charge < -0.3 is 20.8 Å². The molecule has 0 spiro atoms. The average Bonchev–Trinajstić information content (AvgIpc) is 2.96. The SMILES string of the molecule is COc1ccc(C2CC(=O)C3=C(C2)Nc2ccccc2NC3c2ccccc2)cc1.Cl.O. The third kappa shape index (κ3) is 4.35. The average molecular weight is 451 g/mol. The molecule has 3 aromatic carbocycles. The number of Topliss-reactive ketones (excluding diaryl/α,β-unsaturated/α-hetero) is 1. The molecule has 4 N–H and O–H groups in total. The summed E-state index contributed by atoms with van der Waals surface area (Å²) in [6.07, 6.45) is 1.31. The van der Waals surface area contributed by atoms with Gasteiger partial charge in [0, 0.05) is 17.7 Å². The summed E-state index contributed by atoms with van der Waals surface area (Å²) in [6, 6.07) is 26.3. The van der Waals surface area contributed by atoms with Crippen molar-refractivity contribution in [2.45, 2.75) is 24.8 Å². The fraction of sp³-hybridized carbons (Fsp3) is 0.192. The maximum atomic E-state index is 13.5. The van der Waals surface area contributed by atoms with Crippen LogP contribution >= 0.6 is 12.4 Å². The standard InChI is InChI=1S/C26H24N2O2.ClH.H2O/c1-30-20-13-11-17(12-14-20)19-15-23-25(24(29)16-19)26(18-7-3-2-4-8-18)28-22-10-6-5-9-21(22)27-23;;/h2-14,19,26-28H,15-16H2,1H3;1H;1H2. The van der Waals surface area contributed by atoms with Gasteiger partial charge in [-0.25, -0.2) is 0 Å². The summed E-state index contributed by atoms with van der Waals surface area (Å²) < 4.78 is 5.29. The molecule has 1 aliphatic carbocycles. The second kappa shape index (κ2) is 9.90. The van der Waals surface area contributed by atoms with Gasteiger partial charge in [-0.15, -0.1) is 12.4 Å². The van der Waals surface area contributed by atoms with Gasteiger partial charge in [0.25, 0.3) is 0 Å². The number of benzene rings is 3. The lowest BCUT2D eigenvalue weighted by Crippen LogP contribution is -2.26. The smallest absolute Gasteiger partial charge is 0.163 e. The van der Waals surface area contributed by atoms with Crippen molar-refractivity contribution in [1.29, 1.82) is 0 Å². The fourth-order valence-electron chi connectivity index (χ4n) is 4.50. The minimum Gasteiger partial charge on any atom is -0.497 e. The van der Waals surface area contributed by atoms with Crippen molar-refractivity contribution in [1.82, 2.24) is 0 Å². The zero-order valence-electron chi connectivity index (χ0n) is 17.8. The number of nitrogens with one attached hydrogen (secondary N) is 2. The number of hydrogen-bond donors (Lipinski definition) is 2. The molecular weight excluding hydrogens is 424 g/mol. The van der Waals surface area contributed by atoms with Gasteiger partial charge in [0.2, 0.25) is 0 Å². The number of allylic oxidation sites excluding steroid dienone is 1. The minimum absolute atomic E-state index is 0. The van der Waals surface area contributed by atoms with Crippen molar-refractivity contribution in [2.24, 2.45) is 0 Å². The molecule has 5 nitrogen and oxygen atoms in total. The number of carbonyl (C=O) groups is 1. The molecular formula is C26H27ClN2O3. The van der Waals surface area contributed by atoms with Gasteiger partial charge in [0.1, 0.15) is 5.75 Å². The van der Waals surface area contributed by atoms with Crippen LogP contribution in [0.2, 0.25) is 0 Å². The van der Waals surface area contributed by atoms with Crippen LogP contribution in [0.25, 0.3) is 0 Å². The van der Waals surface area contributed by atoms with Gasteiger partial charge in [0.05, 0.1) is 24.5 Å². The minimum atomic E-state index is -0.165. The molecule has 2 aliphatic rings. The second-order valence-electron chi connectivity index (χ2n) is 7.85. The molecule has 0 bridgehead atoms. The first-order chi connectivity index (χ1) is 14.7. The van der Waals surface area contributed by atoms with E-state index in [0.29, 0.717) is 6.42 Å². The van der Waals surface area contributed by atoms with Crippen LogP contribution in [-0.2, 0) is 4.79 Å². The quantitative estimate of drug-likeness (QED) is 0.569. The molecule has 5 rings (SSSR count). The van der Waals surface area contributed by atoms with E-state index in [2.05, 4.69) is 47.0 Å². The van der Waals surface area contributed by atoms with E-state index in [4.69, 9.17) is 4.74 Å². The summed E-state index contributed by atoms with van der Waals surface area (Å²) in [7, 11) is 1.67. The molecule has 3 aromatic rings. The number of para-hydroxylation sites is 2. The predicted molar refractivity (Wildman–Crippen MR) is 131 cm³/mol. The third-order valence-corrected chi connectivity index (χ3v) is 6.03. The van der Waals surface area contributed by atoms with E-state index in [1.807, 2.05) is 42.5 Å². The Morgan fingerprint density at radius 3 is 2.16 bits per heavy atom. The maximum Gasteiger partial charge on any atom is 0.163 e. The molecule has 0 aromatic heterocycles. The van der Waals surface area contributed by atoms with E-state index < -0.39 is 0 Å². The number of carbonyl (C=O) groups excluding carboxylic acids is 1. The molecule has 2 unspecified atom stereocenters. The first-order valence-corrected chi connectivity index (χ1v) is 10.3. The highest BCUT2D eigenvalue weighted by molar-refractivity contribution is 6.01. The van der Waals surface area contributed by atoms with Gasteiger partial charge in [-0.3, -0.25) is 4.79 Å². The van der Waals surface area contributed by atoms with Gasteiger partial charge in [-0.1, -0.05) is 54.6 Å². The van der Waals surface area contributed by atoms with Gasteiger partial charge >= 0.3 is 0 Å². The maximum absolute atomic E-state index is 13.5. The first-order valence-electron chi connectivity index (χ1n) is 10.3. The number of ether oxygens (including phenoxy) is 1. The van der Waals surface area contributed by atoms with E-state index in [-0.39, 0.29) is 35.6 Å². The molecule has 0 saturated heterocycles. The summed E-state index contributed by atoms with van der Waals surface area (Å²) in [5.74, 6) is 1.17. The van der Waals surface area contributed by atoms with Crippen LogP contribution in [0.3, 0.4) is 0 Å². The van der Waals surface area contributed by atoms with Crippen molar-refractivity contribution in [3.05, 3.63) is 101 Å². The van der Waals surface area contributed by atoms with E-state index in [1.165, 1.54) is 5.56 Å². The van der Waals surface area contributed by atoms with Crippen molar-refractivity contribution >= 4 is 29.6 Å². The Morgan fingerprint density at radius 2 is 1.47 bits per heavy atom. The Balaban J connectivity index is 0.00000144. The Morgan fingerprint density at radius 1 is 0.812 bits per heavy atom. The van der Waals surface area contributed by atoms with E-state index in [9.17, 15) is 4.79 Å². The molecule has 2 atom stereocenters. The van der Waals surface area contributed by atoms with Crippen LogP contribution in [0.5, 0.6) is 5.75 Å². The highest BCUT2D eigenvalue weighted by atomic mass is 35.5. The largest absolute Gasteiger partial charge is 0.497 e. The van der Waals surface area contributed by atoms with Crippen LogP contribution in [0.15, 0.2) is 90.1 Å².